The smallest absolute Gasteiger partial charge is 0.0305 e. The van der Waals surface area contributed by atoms with E-state index in [1.165, 1.54) is 21.7 Å². The van der Waals surface area contributed by atoms with Gasteiger partial charge in [-0.25, -0.2) is 0 Å². The highest BCUT2D eigenvalue weighted by molar-refractivity contribution is 7.12. The lowest BCUT2D eigenvalue weighted by Crippen LogP contribution is -2.40. The Morgan fingerprint density at radius 2 is 1.84 bits per heavy atom. The van der Waals surface area contributed by atoms with Gasteiger partial charge in [0.05, 0.1) is 0 Å². The second-order valence-electron chi connectivity index (χ2n) is 6.35. The molecule has 1 aromatic rings. The van der Waals surface area contributed by atoms with Crippen molar-refractivity contribution in [3.05, 3.63) is 21.4 Å². The molecule has 1 rings (SSSR count). The summed E-state index contributed by atoms with van der Waals surface area (Å²) in [7, 11) is 4.30. The molecule has 0 amide bonds. The highest BCUT2D eigenvalue weighted by Crippen LogP contribution is 2.26. The minimum absolute atomic E-state index is 0.439. The third kappa shape index (κ3) is 5.64. The summed E-state index contributed by atoms with van der Waals surface area (Å²) in [5.41, 5.74) is 1.47. The van der Waals surface area contributed by atoms with Crippen molar-refractivity contribution < 1.29 is 0 Å². The van der Waals surface area contributed by atoms with E-state index in [1.54, 1.807) is 0 Å². The van der Waals surface area contributed by atoms with Crippen molar-refractivity contribution in [1.82, 2.24) is 10.2 Å². The van der Waals surface area contributed by atoms with E-state index < -0.39 is 0 Å². The molecule has 1 N–H and O–H groups in total. The quantitative estimate of drug-likeness (QED) is 0.813. The number of rotatable bonds is 7. The Morgan fingerprint density at radius 3 is 2.26 bits per heavy atom. The standard InChI is InChI=1S/C16H30N2S/c1-11(2)8-15(10-18(6)7)17-13(4)16-9-12(3)19-14(16)5/h9,11,13,15,17H,8,10H2,1-7H3. The van der Waals surface area contributed by atoms with Gasteiger partial charge in [0.15, 0.2) is 0 Å². The van der Waals surface area contributed by atoms with Crippen LogP contribution >= 0.6 is 11.3 Å². The van der Waals surface area contributed by atoms with Crippen molar-refractivity contribution in [3.8, 4) is 0 Å². The summed E-state index contributed by atoms with van der Waals surface area (Å²) in [6.07, 6.45) is 1.23. The molecule has 19 heavy (non-hydrogen) atoms. The number of aryl methyl sites for hydroxylation is 2. The molecule has 1 heterocycles. The normalized spacial score (nSPS) is 15.2. The van der Waals surface area contributed by atoms with Crippen molar-refractivity contribution in [2.45, 2.75) is 53.1 Å². The topological polar surface area (TPSA) is 15.3 Å². The molecule has 0 bridgehead atoms. The number of hydrogen-bond acceptors (Lipinski definition) is 3. The lowest BCUT2D eigenvalue weighted by Gasteiger charge is -2.27. The first-order valence-electron chi connectivity index (χ1n) is 7.27. The summed E-state index contributed by atoms with van der Waals surface area (Å²) in [6, 6.07) is 3.33. The monoisotopic (exact) mass is 282 g/mol. The number of thiophene rings is 1. The summed E-state index contributed by atoms with van der Waals surface area (Å²) in [5, 5.41) is 3.82. The van der Waals surface area contributed by atoms with Crippen LogP contribution in [0.15, 0.2) is 6.07 Å². The molecule has 3 heteroatoms. The molecule has 110 valence electrons. The van der Waals surface area contributed by atoms with Gasteiger partial charge >= 0.3 is 0 Å². The Bertz CT molecular complexity index is 372. The van der Waals surface area contributed by atoms with Crippen LogP contribution in [0.3, 0.4) is 0 Å². The summed E-state index contributed by atoms with van der Waals surface area (Å²) in [6.45, 7) is 12.4. The lowest BCUT2D eigenvalue weighted by atomic mass is 10.0. The predicted octanol–water partition coefficient (Wildman–Crippen LogP) is 3.99. The van der Waals surface area contributed by atoms with Gasteiger partial charge in [-0.3, -0.25) is 0 Å². The van der Waals surface area contributed by atoms with Crippen molar-refractivity contribution in [3.63, 3.8) is 0 Å². The van der Waals surface area contributed by atoms with Crippen LogP contribution in [0.5, 0.6) is 0 Å². The van der Waals surface area contributed by atoms with Gasteiger partial charge in [0.1, 0.15) is 0 Å². The van der Waals surface area contributed by atoms with Gasteiger partial charge in [0, 0.05) is 28.4 Å². The third-order valence-corrected chi connectivity index (χ3v) is 4.35. The van der Waals surface area contributed by atoms with Crippen LogP contribution in [-0.4, -0.2) is 31.6 Å². The SMILES string of the molecule is Cc1cc(C(C)NC(CC(C)C)CN(C)C)c(C)s1. The van der Waals surface area contributed by atoms with E-state index in [4.69, 9.17) is 0 Å². The lowest BCUT2D eigenvalue weighted by molar-refractivity contribution is 0.291. The van der Waals surface area contributed by atoms with Crippen LogP contribution in [0.2, 0.25) is 0 Å². The van der Waals surface area contributed by atoms with Crippen LogP contribution in [0, 0.1) is 19.8 Å². The Hall–Kier alpha value is -0.380. The van der Waals surface area contributed by atoms with E-state index in [1.807, 2.05) is 11.3 Å². The molecule has 2 atom stereocenters. The maximum atomic E-state index is 3.82. The molecule has 0 saturated heterocycles. The number of nitrogens with zero attached hydrogens (tertiary/aromatic N) is 1. The zero-order valence-corrected chi connectivity index (χ0v) is 14.4. The fourth-order valence-electron chi connectivity index (χ4n) is 2.73. The molecule has 0 spiro atoms. The second kappa shape index (κ2) is 7.41. The molecule has 1 aromatic heterocycles. The average Bonchev–Trinajstić information content (AvgIpc) is 2.55. The van der Waals surface area contributed by atoms with Gasteiger partial charge in [-0.2, -0.15) is 0 Å². The van der Waals surface area contributed by atoms with E-state index in [9.17, 15) is 0 Å². The van der Waals surface area contributed by atoms with Gasteiger partial charge < -0.3 is 10.2 Å². The molecular weight excluding hydrogens is 252 g/mol. The molecule has 0 aromatic carbocycles. The zero-order valence-electron chi connectivity index (χ0n) is 13.6. The molecule has 0 radical (unpaired) electrons. The van der Waals surface area contributed by atoms with Gasteiger partial charge in [0.25, 0.3) is 0 Å². The molecular formula is C16H30N2S. The minimum Gasteiger partial charge on any atom is -0.308 e. The third-order valence-electron chi connectivity index (χ3n) is 3.37. The highest BCUT2D eigenvalue weighted by atomic mass is 32.1. The first kappa shape index (κ1) is 16.7. The van der Waals surface area contributed by atoms with Gasteiger partial charge in [-0.1, -0.05) is 13.8 Å². The Kier molecular flexibility index (Phi) is 6.51. The maximum Gasteiger partial charge on any atom is 0.0305 e. The van der Waals surface area contributed by atoms with E-state index >= 15 is 0 Å². The van der Waals surface area contributed by atoms with E-state index in [-0.39, 0.29) is 0 Å². The number of likely N-dealkylation sites (N-methyl/N-ethyl adjacent to an activating group) is 1. The van der Waals surface area contributed by atoms with E-state index in [0.717, 1.165) is 12.5 Å². The summed E-state index contributed by atoms with van der Waals surface area (Å²) >= 11 is 1.90. The Balaban J connectivity index is 2.69. The fraction of sp³-hybridized carbons (Fsp3) is 0.750. The zero-order chi connectivity index (χ0) is 14.6. The van der Waals surface area contributed by atoms with Crippen molar-refractivity contribution >= 4 is 11.3 Å². The van der Waals surface area contributed by atoms with Crippen molar-refractivity contribution in [2.24, 2.45) is 5.92 Å². The van der Waals surface area contributed by atoms with Gasteiger partial charge in [-0.15, -0.1) is 11.3 Å². The summed E-state index contributed by atoms with van der Waals surface area (Å²) in [4.78, 5) is 5.14. The molecule has 2 unspecified atom stereocenters. The van der Waals surface area contributed by atoms with Crippen LogP contribution in [-0.2, 0) is 0 Å². The second-order valence-corrected chi connectivity index (χ2v) is 7.81. The average molecular weight is 282 g/mol. The Labute approximate surface area is 123 Å². The number of hydrogen-bond donors (Lipinski definition) is 1. The van der Waals surface area contributed by atoms with E-state index in [0.29, 0.717) is 12.1 Å². The molecule has 0 aliphatic carbocycles. The van der Waals surface area contributed by atoms with Crippen LogP contribution in [0.4, 0.5) is 0 Å². The Morgan fingerprint density at radius 1 is 1.21 bits per heavy atom. The van der Waals surface area contributed by atoms with Gasteiger partial charge in [-0.05, 0) is 58.8 Å². The molecule has 2 nitrogen and oxygen atoms in total. The first-order chi connectivity index (χ1) is 8.79. The summed E-state index contributed by atoms with van der Waals surface area (Å²) in [5.74, 6) is 0.731. The largest absolute Gasteiger partial charge is 0.308 e. The van der Waals surface area contributed by atoms with Crippen LogP contribution in [0.25, 0.3) is 0 Å². The summed E-state index contributed by atoms with van der Waals surface area (Å²) < 4.78 is 0. The predicted molar refractivity (Wildman–Crippen MR) is 87.1 cm³/mol. The maximum absolute atomic E-state index is 3.82. The van der Waals surface area contributed by atoms with E-state index in [2.05, 4.69) is 65.0 Å². The number of nitrogens with one attached hydrogen (secondary N) is 1. The van der Waals surface area contributed by atoms with Crippen LogP contribution in [0.1, 0.15) is 48.6 Å². The minimum atomic E-state index is 0.439. The highest BCUT2D eigenvalue weighted by Gasteiger charge is 2.17. The van der Waals surface area contributed by atoms with Crippen LogP contribution < -0.4 is 5.32 Å². The van der Waals surface area contributed by atoms with Crippen molar-refractivity contribution in [1.29, 1.82) is 0 Å². The van der Waals surface area contributed by atoms with Gasteiger partial charge in [0.2, 0.25) is 0 Å². The molecule has 0 aliphatic rings. The first-order valence-corrected chi connectivity index (χ1v) is 8.09. The molecule has 0 aliphatic heterocycles. The molecule has 0 fully saturated rings. The van der Waals surface area contributed by atoms with Crippen molar-refractivity contribution in [2.75, 3.05) is 20.6 Å². The molecule has 0 saturated carbocycles. The fourth-order valence-corrected chi connectivity index (χ4v) is 3.75.